The van der Waals surface area contributed by atoms with Gasteiger partial charge < -0.3 is 4.90 Å². The molecule has 0 aromatic heterocycles. The van der Waals surface area contributed by atoms with Crippen molar-refractivity contribution in [3.8, 4) is 44.5 Å². The minimum atomic E-state index is -2.02. The number of hydrogen-bond donors (Lipinski definition) is 0. The summed E-state index contributed by atoms with van der Waals surface area (Å²) in [4.78, 5) is 2.56. The first-order valence-corrected chi connectivity index (χ1v) is 24.8. The van der Waals surface area contributed by atoms with Gasteiger partial charge in [-0.3, -0.25) is 0 Å². The van der Waals surface area contributed by atoms with Crippen LogP contribution < -0.4 is 25.6 Å². The summed E-state index contributed by atoms with van der Waals surface area (Å²) in [6.45, 7) is 10.1. The molecule has 0 atom stereocenters. The molecule has 8 aromatic rings. The average Bonchev–Trinajstić information content (AvgIpc) is 3.58. The van der Waals surface area contributed by atoms with Crippen LogP contribution in [-0.4, -0.2) is 16.1 Å². The Bertz CT molecular complexity index is 2730. The highest BCUT2D eigenvalue weighted by Gasteiger charge is 2.41. The van der Waals surface area contributed by atoms with Crippen LogP contribution in [0.25, 0.3) is 55.3 Å². The Balaban J connectivity index is 1.13. The Kier molecular flexibility index (Phi) is 7.17. The molecule has 0 radical (unpaired) electrons. The lowest BCUT2D eigenvalue weighted by molar-refractivity contribution is 1.30. The molecular formula is C50H41NSi2. The quantitative estimate of drug-likeness (QED) is 0.161. The Labute approximate surface area is 314 Å². The van der Waals surface area contributed by atoms with Gasteiger partial charge in [0.2, 0.25) is 0 Å². The fraction of sp³-hybridized carbons (Fsp3) is 0.0800. The van der Waals surface area contributed by atoms with E-state index in [4.69, 9.17) is 0 Å². The predicted octanol–water partition coefficient (Wildman–Crippen LogP) is 11.2. The van der Waals surface area contributed by atoms with E-state index in [0.717, 1.165) is 0 Å². The van der Waals surface area contributed by atoms with E-state index in [1.54, 1.807) is 0 Å². The van der Waals surface area contributed by atoms with E-state index in [2.05, 4.69) is 207 Å². The van der Waals surface area contributed by atoms with Crippen molar-refractivity contribution in [1.29, 1.82) is 0 Å². The summed E-state index contributed by atoms with van der Waals surface area (Å²) >= 11 is 0. The number of nitrogens with zero attached hydrogens (tertiary/aromatic N) is 1. The van der Waals surface area contributed by atoms with Gasteiger partial charge in [-0.1, -0.05) is 166 Å². The molecule has 0 N–H and O–H groups in total. The lowest BCUT2D eigenvalue weighted by Gasteiger charge is -2.32. The average molecular weight is 712 g/mol. The molecule has 0 amide bonds. The summed E-state index contributed by atoms with van der Waals surface area (Å²) in [5.74, 6) is 0. The van der Waals surface area contributed by atoms with Gasteiger partial charge in [0.1, 0.15) is 16.1 Å². The highest BCUT2D eigenvalue weighted by Crippen LogP contribution is 2.42. The normalized spacial score (nSPS) is 14.3. The van der Waals surface area contributed by atoms with E-state index in [-0.39, 0.29) is 0 Å². The van der Waals surface area contributed by atoms with E-state index in [1.807, 2.05) is 0 Å². The molecule has 0 saturated heterocycles. The highest BCUT2D eigenvalue weighted by atomic mass is 28.3. The third-order valence-electron chi connectivity index (χ3n) is 12.0. The van der Waals surface area contributed by atoms with E-state index in [0.29, 0.717) is 0 Å². The van der Waals surface area contributed by atoms with Crippen molar-refractivity contribution >= 4 is 64.7 Å². The third-order valence-corrected chi connectivity index (χ3v) is 19.1. The zero-order valence-electron chi connectivity index (χ0n) is 30.7. The van der Waals surface area contributed by atoms with Crippen LogP contribution in [0.2, 0.25) is 26.2 Å². The van der Waals surface area contributed by atoms with Crippen molar-refractivity contribution in [2.75, 3.05) is 4.90 Å². The van der Waals surface area contributed by atoms with Crippen LogP contribution in [0.1, 0.15) is 0 Å². The lowest BCUT2D eigenvalue weighted by atomic mass is 9.99. The molecule has 0 aliphatic carbocycles. The molecular weight excluding hydrogens is 671 g/mol. The molecule has 53 heavy (non-hydrogen) atoms. The summed E-state index contributed by atoms with van der Waals surface area (Å²) < 4.78 is 0. The molecule has 0 spiro atoms. The SMILES string of the molecule is C[Si]1(C)c2cc(-c3ccccc3)ccc2-c2ccc(N(c3ccc(-c4ccc5ccccc5c4)cc3)c3cccc4c3[Si](C)(C)c3ccccc3-4)cc21. The van der Waals surface area contributed by atoms with Crippen molar-refractivity contribution in [2.24, 2.45) is 0 Å². The van der Waals surface area contributed by atoms with Crippen LogP contribution >= 0.6 is 0 Å². The molecule has 1 nitrogen and oxygen atoms in total. The summed E-state index contributed by atoms with van der Waals surface area (Å²) in [6.07, 6.45) is 0. The minimum Gasteiger partial charge on any atom is -0.311 e. The third kappa shape index (κ3) is 4.95. The van der Waals surface area contributed by atoms with Gasteiger partial charge in [0.25, 0.3) is 0 Å². The van der Waals surface area contributed by atoms with Gasteiger partial charge in [0, 0.05) is 17.1 Å². The van der Waals surface area contributed by atoms with E-state index >= 15 is 0 Å². The zero-order chi connectivity index (χ0) is 35.9. The second-order valence-electron chi connectivity index (χ2n) is 15.8. The minimum absolute atomic E-state index is 1.19. The Hall–Kier alpha value is -5.75. The summed E-state index contributed by atoms with van der Waals surface area (Å²) in [7, 11) is -4.04. The summed E-state index contributed by atoms with van der Waals surface area (Å²) in [6, 6.07) is 66.1. The van der Waals surface area contributed by atoms with Gasteiger partial charge in [-0.15, -0.1) is 0 Å². The molecule has 8 aromatic carbocycles. The molecule has 0 unspecified atom stereocenters. The van der Waals surface area contributed by atoms with E-state index in [9.17, 15) is 0 Å². The van der Waals surface area contributed by atoms with Gasteiger partial charge in [-0.05, 0) is 112 Å². The van der Waals surface area contributed by atoms with Crippen LogP contribution in [0.4, 0.5) is 17.1 Å². The fourth-order valence-corrected chi connectivity index (χ4v) is 15.8. The number of benzene rings is 8. The van der Waals surface area contributed by atoms with Gasteiger partial charge >= 0.3 is 0 Å². The van der Waals surface area contributed by atoms with Crippen LogP contribution in [0, 0.1) is 0 Å². The summed E-state index contributed by atoms with van der Waals surface area (Å²) in [5.41, 5.74) is 14.4. The second-order valence-corrected chi connectivity index (χ2v) is 24.4. The maximum absolute atomic E-state index is 2.56. The standard InChI is InChI=1S/C50H41NSi2/c1-52(2)48-32-39(34-13-6-5-7-14-34)25-29-43(48)44-30-28-41(33-49(44)52)51(46-19-12-18-45-42-17-10-11-20-47(42)53(3,4)50(45)46)40-26-23-36(24-27-40)38-22-21-35-15-8-9-16-37(35)31-38/h5-33H,1-4H3. The van der Waals surface area contributed by atoms with Crippen LogP contribution in [0.3, 0.4) is 0 Å². The molecule has 254 valence electrons. The van der Waals surface area contributed by atoms with Crippen LogP contribution in [0.15, 0.2) is 176 Å². The smallest absolute Gasteiger partial charge is 0.116 e. The van der Waals surface area contributed by atoms with Gasteiger partial charge in [-0.25, -0.2) is 0 Å². The maximum atomic E-state index is 2.56. The topological polar surface area (TPSA) is 3.24 Å². The number of hydrogen-bond acceptors (Lipinski definition) is 1. The first-order chi connectivity index (χ1) is 25.8. The molecule has 10 rings (SSSR count). The van der Waals surface area contributed by atoms with Crippen molar-refractivity contribution in [3.63, 3.8) is 0 Å². The Morgan fingerprint density at radius 3 is 1.72 bits per heavy atom. The Morgan fingerprint density at radius 1 is 0.340 bits per heavy atom. The summed E-state index contributed by atoms with van der Waals surface area (Å²) in [5, 5.41) is 8.63. The molecule has 2 aliphatic heterocycles. The monoisotopic (exact) mass is 711 g/mol. The first kappa shape index (κ1) is 31.9. The van der Waals surface area contributed by atoms with E-state index < -0.39 is 16.1 Å². The largest absolute Gasteiger partial charge is 0.311 e. The maximum Gasteiger partial charge on any atom is 0.116 e. The van der Waals surface area contributed by atoms with Crippen LogP contribution in [0.5, 0.6) is 0 Å². The van der Waals surface area contributed by atoms with Crippen molar-refractivity contribution in [1.82, 2.24) is 0 Å². The number of rotatable bonds is 5. The highest BCUT2D eigenvalue weighted by molar-refractivity contribution is 7.05. The first-order valence-electron chi connectivity index (χ1n) is 18.8. The molecule has 2 aliphatic rings. The molecule has 2 heterocycles. The molecule has 0 bridgehead atoms. The van der Waals surface area contributed by atoms with Gasteiger partial charge in [0.15, 0.2) is 0 Å². The van der Waals surface area contributed by atoms with Crippen molar-refractivity contribution in [3.05, 3.63) is 176 Å². The Morgan fingerprint density at radius 2 is 0.906 bits per heavy atom. The molecule has 0 fully saturated rings. The van der Waals surface area contributed by atoms with E-state index in [1.165, 1.54) is 93.1 Å². The molecule has 3 heteroatoms. The lowest BCUT2D eigenvalue weighted by Crippen LogP contribution is -2.51. The predicted molar refractivity (Wildman–Crippen MR) is 234 cm³/mol. The second kappa shape index (κ2) is 11.9. The molecule has 0 saturated carbocycles. The van der Waals surface area contributed by atoms with Crippen molar-refractivity contribution in [2.45, 2.75) is 26.2 Å². The van der Waals surface area contributed by atoms with Gasteiger partial charge in [-0.2, -0.15) is 0 Å². The van der Waals surface area contributed by atoms with Gasteiger partial charge in [0.05, 0.1) is 0 Å². The van der Waals surface area contributed by atoms with Crippen LogP contribution in [-0.2, 0) is 0 Å². The fourth-order valence-electron chi connectivity index (χ4n) is 9.28. The van der Waals surface area contributed by atoms with Crippen molar-refractivity contribution < 1.29 is 0 Å². The number of fused-ring (bicyclic) bond motifs is 7. The number of anilines is 3. The zero-order valence-corrected chi connectivity index (χ0v) is 32.7.